The number of ether oxygens (including phenoxy) is 1. The van der Waals surface area contributed by atoms with E-state index in [0.717, 1.165) is 6.42 Å². The van der Waals surface area contributed by atoms with E-state index in [1.807, 2.05) is 25.1 Å². The van der Waals surface area contributed by atoms with Crippen molar-refractivity contribution in [2.24, 2.45) is 5.92 Å². The molecular weight excluding hydrogens is 176 g/mol. The number of hydrogen-bond acceptors (Lipinski definition) is 2. The van der Waals surface area contributed by atoms with Crippen LogP contribution in [0.5, 0.6) is 0 Å². The molecule has 2 rings (SSSR count). The monoisotopic (exact) mass is 192 g/mol. The Bertz CT molecular complexity index is 284. The van der Waals surface area contributed by atoms with E-state index in [4.69, 9.17) is 4.74 Å². The van der Waals surface area contributed by atoms with Crippen LogP contribution in [0.3, 0.4) is 0 Å². The van der Waals surface area contributed by atoms with Gasteiger partial charge in [-0.1, -0.05) is 37.3 Å². The lowest BCUT2D eigenvalue weighted by atomic mass is 9.80. The minimum absolute atomic E-state index is 0.157. The zero-order valence-corrected chi connectivity index (χ0v) is 8.39. The molecule has 1 aliphatic rings. The molecule has 0 bridgehead atoms. The van der Waals surface area contributed by atoms with E-state index in [0.29, 0.717) is 12.5 Å². The molecule has 1 aliphatic carbocycles. The van der Waals surface area contributed by atoms with Gasteiger partial charge in [-0.15, -0.1) is 0 Å². The summed E-state index contributed by atoms with van der Waals surface area (Å²) in [6, 6.07) is 10.1. The second-order valence-electron chi connectivity index (χ2n) is 4.00. The summed E-state index contributed by atoms with van der Waals surface area (Å²) in [5.41, 5.74) is 1.20. The maximum atomic E-state index is 9.30. The number of aliphatic hydroxyl groups is 1. The van der Waals surface area contributed by atoms with Gasteiger partial charge in [-0.3, -0.25) is 0 Å². The van der Waals surface area contributed by atoms with Crippen LogP contribution in [0.15, 0.2) is 30.3 Å². The summed E-state index contributed by atoms with van der Waals surface area (Å²) in [5, 5.41) is 9.30. The van der Waals surface area contributed by atoms with Crippen molar-refractivity contribution in [3.8, 4) is 0 Å². The average molecular weight is 192 g/mol. The number of hydrogen-bond donors (Lipinski definition) is 1. The fraction of sp³-hybridized carbons (Fsp3) is 0.500. The van der Waals surface area contributed by atoms with Crippen LogP contribution in [0.1, 0.15) is 18.9 Å². The van der Waals surface area contributed by atoms with Gasteiger partial charge in [0.1, 0.15) is 0 Å². The molecule has 0 radical (unpaired) electrons. The first-order chi connectivity index (χ1) is 6.77. The molecule has 0 saturated heterocycles. The number of benzene rings is 1. The Morgan fingerprint density at radius 2 is 2.07 bits per heavy atom. The Hall–Kier alpha value is -0.860. The maximum Gasteiger partial charge on any atom is 0.0720 e. The van der Waals surface area contributed by atoms with E-state index >= 15 is 0 Å². The highest BCUT2D eigenvalue weighted by Crippen LogP contribution is 2.30. The van der Waals surface area contributed by atoms with E-state index in [1.54, 1.807) is 0 Å². The van der Waals surface area contributed by atoms with Crippen LogP contribution in [0.25, 0.3) is 0 Å². The molecule has 1 aromatic rings. The normalized spacial score (nSPS) is 31.1. The highest BCUT2D eigenvalue weighted by atomic mass is 16.5. The van der Waals surface area contributed by atoms with E-state index in [9.17, 15) is 5.11 Å². The second-order valence-corrected chi connectivity index (χ2v) is 4.00. The summed E-state index contributed by atoms with van der Waals surface area (Å²) in [6.07, 6.45) is 0.870. The molecule has 0 aliphatic heterocycles. The molecule has 0 spiro atoms. The van der Waals surface area contributed by atoms with Gasteiger partial charge in [0.2, 0.25) is 0 Å². The molecule has 3 atom stereocenters. The molecule has 2 nitrogen and oxygen atoms in total. The fourth-order valence-corrected chi connectivity index (χ4v) is 1.72. The maximum absolute atomic E-state index is 9.30. The highest BCUT2D eigenvalue weighted by molar-refractivity contribution is 5.13. The molecule has 1 aromatic carbocycles. The summed E-state index contributed by atoms with van der Waals surface area (Å²) in [5.74, 6) is 0.290. The van der Waals surface area contributed by atoms with Crippen LogP contribution in [-0.4, -0.2) is 17.3 Å². The summed E-state index contributed by atoms with van der Waals surface area (Å²) < 4.78 is 5.69. The van der Waals surface area contributed by atoms with Crippen LogP contribution in [-0.2, 0) is 11.3 Å². The molecule has 0 unspecified atom stereocenters. The lowest BCUT2D eigenvalue weighted by Gasteiger charge is -2.38. The molecule has 1 N–H and O–H groups in total. The predicted octanol–water partition coefficient (Wildman–Crippen LogP) is 1.97. The van der Waals surface area contributed by atoms with E-state index in [1.165, 1.54) is 5.56 Å². The Balaban J connectivity index is 1.79. The topological polar surface area (TPSA) is 29.5 Å². The molecule has 0 amide bonds. The zero-order valence-electron chi connectivity index (χ0n) is 8.39. The quantitative estimate of drug-likeness (QED) is 0.793. The molecular formula is C12H16O2. The highest BCUT2D eigenvalue weighted by Gasteiger charge is 2.36. The van der Waals surface area contributed by atoms with Crippen molar-refractivity contribution in [1.29, 1.82) is 0 Å². The standard InChI is InChI=1S/C12H16O2/c1-9-11(13)7-12(9)14-8-10-5-3-2-4-6-10/h2-6,9,11-13H,7-8H2,1H3/t9-,11-,12-/m1/s1. The van der Waals surface area contributed by atoms with Crippen molar-refractivity contribution < 1.29 is 9.84 Å². The minimum Gasteiger partial charge on any atom is -0.393 e. The van der Waals surface area contributed by atoms with Crippen LogP contribution < -0.4 is 0 Å². The van der Waals surface area contributed by atoms with Crippen molar-refractivity contribution in [3.63, 3.8) is 0 Å². The summed E-state index contributed by atoms with van der Waals surface area (Å²) in [4.78, 5) is 0. The van der Waals surface area contributed by atoms with E-state index in [2.05, 4.69) is 12.1 Å². The van der Waals surface area contributed by atoms with Gasteiger partial charge in [0.15, 0.2) is 0 Å². The molecule has 2 heteroatoms. The average Bonchev–Trinajstić information content (AvgIpc) is 2.25. The summed E-state index contributed by atoms with van der Waals surface area (Å²) in [7, 11) is 0. The van der Waals surface area contributed by atoms with Crippen LogP contribution >= 0.6 is 0 Å². The Kier molecular flexibility index (Phi) is 2.85. The van der Waals surface area contributed by atoms with Crippen molar-refractivity contribution in [2.45, 2.75) is 32.2 Å². The first-order valence-corrected chi connectivity index (χ1v) is 5.11. The first kappa shape index (κ1) is 9.69. The molecule has 1 saturated carbocycles. The lowest BCUT2D eigenvalue weighted by Crippen LogP contribution is -2.45. The Morgan fingerprint density at radius 3 is 2.64 bits per heavy atom. The Morgan fingerprint density at radius 1 is 1.36 bits per heavy atom. The van der Waals surface area contributed by atoms with Crippen LogP contribution in [0.2, 0.25) is 0 Å². The van der Waals surface area contributed by atoms with Crippen LogP contribution in [0, 0.1) is 5.92 Å². The summed E-state index contributed by atoms with van der Waals surface area (Å²) in [6.45, 7) is 2.69. The van der Waals surface area contributed by atoms with Crippen LogP contribution in [0.4, 0.5) is 0 Å². The number of aliphatic hydroxyl groups excluding tert-OH is 1. The van der Waals surface area contributed by atoms with Gasteiger partial charge in [0.25, 0.3) is 0 Å². The van der Waals surface area contributed by atoms with Gasteiger partial charge in [0.05, 0.1) is 18.8 Å². The van der Waals surface area contributed by atoms with Gasteiger partial charge in [-0.05, 0) is 5.56 Å². The van der Waals surface area contributed by atoms with Gasteiger partial charge >= 0.3 is 0 Å². The predicted molar refractivity (Wildman–Crippen MR) is 54.8 cm³/mol. The molecule has 1 fully saturated rings. The van der Waals surface area contributed by atoms with Gasteiger partial charge in [0, 0.05) is 12.3 Å². The smallest absolute Gasteiger partial charge is 0.0720 e. The van der Waals surface area contributed by atoms with E-state index in [-0.39, 0.29) is 12.2 Å². The first-order valence-electron chi connectivity index (χ1n) is 5.11. The zero-order chi connectivity index (χ0) is 9.97. The SMILES string of the molecule is C[C@@H]1[C@H](O)C[C@H]1OCc1ccccc1. The third kappa shape index (κ3) is 1.97. The third-order valence-corrected chi connectivity index (χ3v) is 2.97. The second kappa shape index (κ2) is 4.11. The minimum atomic E-state index is -0.157. The molecule has 14 heavy (non-hydrogen) atoms. The fourth-order valence-electron chi connectivity index (χ4n) is 1.72. The lowest BCUT2D eigenvalue weighted by molar-refractivity contribution is -0.125. The number of rotatable bonds is 3. The van der Waals surface area contributed by atoms with Crippen molar-refractivity contribution in [3.05, 3.63) is 35.9 Å². The third-order valence-electron chi connectivity index (χ3n) is 2.97. The molecule has 0 aromatic heterocycles. The van der Waals surface area contributed by atoms with Gasteiger partial charge in [-0.25, -0.2) is 0 Å². The summed E-state index contributed by atoms with van der Waals surface area (Å²) >= 11 is 0. The van der Waals surface area contributed by atoms with Crippen molar-refractivity contribution >= 4 is 0 Å². The molecule has 76 valence electrons. The van der Waals surface area contributed by atoms with Crippen molar-refractivity contribution in [1.82, 2.24) is 0 Å². The Labute approximate surface area is 84.5 Å². The van der Waals surface area contributed by atoms with E-state index < -0.39 is 0 Å². The van der Waals surface area contributed by atoms with Gasteiger partial charge in [-0.2, -0.15) is 0 Å². The molecule has 0 heterocycles. The van der Waals surface area contributed by atoms with Gasteiger partial charge < -0.3 is 9.84 Å². The van der Waals surface area contributed by atoms with Crippen molar-refractivity contribution in [2.75, 3.05) is 0 Å². The largest absolute Gasteiger partial charge is 0.393 e.